The summed E-state index contributed by atoms with van der Waals surface area (Å²) in [4.78, 5) is 15.9. The second-order valence-corrected chi connectivity index (χ2v) is 7.29. The fourth-order valence-corrected chi connectivity index (χ4v) is 3.36. The van der Waals surface area contributed by atoms with Crippen molar-refractivity contribution >= 4 is 23.4 Å². The van der Waals surface area contributed by atoms with E-state index in [9.17, 15) is 0 Å². The van der Waals surface area contributed by atoms with Gasteiger partial charge in [0.2, 0.25) is 5.95 Å². The molecule has 0 atom stereocenters. The van der Waals surface area contributed by atoms with Crippen LogP contribution in [-0.4, -0.2) is 55.1 Å². The molecule has 1 fully saturated rings. The fourth-order valence-electron chi connectivity index (χ4n) is 3.23. The molecule has 1 aliphatic heterocycles. The van der Waals surface area contributed by atoms with E-state index in [-0.39, 0.29) is 0 Å². The zero-order valence-corrected chi connectivity index (χ0v) is 15.9. The highest BCUT2D eigenvalue weighted by atomic mass is 35.5. The number of anilines is 2. The van der Waals surface area contributed by atoms with Crippen LogP contribution in [0.1, 0.15) is 18.4 Å². The summed E-state index contributed by atoms with van der Waals surface area (Å²) in [7, 11) is 6.11. The first-order chi connectivity index (χ1) is 12.0. The Balaban J connectivity index is 1.56. The van der Waals surface area contributed by atoms with Gasteiger partial charge in [-0.1, -0.05) is 23.7 Å². The molecule has 2 aromatic rings. The second-order valence-electron chi connectivity index (χ2n) is 6.85. The van der Waals surface area contributed by atoms with Crippen LogP contribution in [0.15, 0.2) is 36.5 Å². The van der Waals surface area contributed by atoms with Crippen molar-refractivity contribution in [3.8, 4) is 0 Å². The van der Waals surface area contributed by atoms with Crippen molar-refractivity contribution in [2.24, 2.45) is 0 Å². The van der Waals surface area contributed by atoms with Gasteiger partial charge in [0.15, 0.2) is 0 Å². The third-order valence-corrected chi connectivity index (χ3v) is 5.08. The number of aromatic nitrogens is 2. The summed E-state index contributed by atoms with van der Waals surface area (Å²) in [6, 6.07) is 10.6. The summed E-state index contributed by atoms with van der Waals surface area (Å²) in [5, 5.41) is 0.795. The molecule has 0 amide bonds. The molecule has 0 bridgehead atoms. The van der Waals surface area contributed by atoms with Crippen LogP contribution in [0.5, 0.6) is 0 Å². The van der Waals surface area contributed by atoms with Crippen molar-refractivity contribution in [1.82, 2.24) is 14.9 Å². The standard InChI is InChI=1S/C19H26ClN5/c1-23(2)18-8-11-21-19(22-18)24(3)17-9-12-25(13-10-17)14-15-4-6-16(20)7-5-15/h4-8,11,17H,9-10,12-14H2,1-3H3. The molecule has 6 heteroatoms. The molecule has 3 rings (SSSR count). The van der Waals surface area contributed by atoms with Crippen LogP contribution in [0, 0.1) is 0 Å². The Morgan fingerprint density at radius 1 is 1.08 bits per heavy atom. The van der Waals surface area contributed by atoms with E-state index in [0.717, 1.165) is 49.3 Å². The highest BCUT2D eigenvalue weighted by Crippen LogP contribution is 2.22. The number of piperidine rings is 1. The average Bonchev–Trinajstić information content (AvgIpc) is 2.64. The predicted octanol–water partition coefficient (Wildman–Crippen LogP) is 3.30. The summed E-state index contributed by atoms with van der Waals surface area (Å²) >= 11 is 5.96. The van der Waals surface area contributed by atoms with Gasteiger partial charge < -0.3 is 9.80 Å². The average molecular weight is 360 g/mol. The van der Waals surface area contributed by atoms with Gasteiger partial charge in [-0.3, -0.25) is 4.90 Å². The molecule has 134 valence electrons. The molecule has 0 saturated carbocycles. The molecule has 1 aromatic heterocycles. The van der Waals surface area contributed by atoms with Gasteiger partial charge in [-0.25, -0.2) is 4.98 Å². The molecule has 1 aromatic carbocycles. The minimum absolute atomic E-state index is 0.485. The van der Waals surface area contributed by atoms with Gasteiger partial charge in [-0.05, 0) is 36.6 Å². The number of benzene rings is 1. The molecule has 0 spiro atoms. The number of nitrogens with zero attached hydrogens (tertiary/aromatic N) is 5. The largest absolute Gasteiger partial charge is 0.363 e. The molecule has 0 unspecified atom stereocenters. The van der Waals surface area contributed by atoms with E-state index >= 15 is 0 Å². The van der Waals surface area contributed by atoms with E-state index in [4.69, 9.17) is 11.6 Å². The van der Waals surface area contributed by atoms with Crippen LogP contribution in [0.4, 0.5) is 11.8 Å². The normalized spacial score (nSPS) is 16.0. The summed E-state index contributed by atoms with van der Waals surface area (Å²) in [5.74, 6) is 1.75. The number of hydrogen-bond acceptors (Lipinski definition) is 5. The maximum atomic E-state index is 5.96. The highest BCUT2D eigenvalue weighted by Gasteiger charge is 2.24. The number of rotatable bonds is 5. The van der Waals surface area contributed by atoms with Crippen LogP contribution >= 0.6 is 11.6 Å². The number of halogens is 1. The summed E-state index contributed by atoms with van der Waals surface area (Å²) in [5.41, 5.74) is 1.32. The maximum absolute atomic E-state index is 5.96. The highest BCUT2D eigenvalue weighted by molar-refractivity contribution is 6.30. The third kappa shape index (κ3) is 4.61. The first kappa shape index (κ1) is 18.0. The predicted molar refractivity (Wildman–Crippen MR) is 105 cm³/mol. The molecule has 1 saturated heterocycles. The Morgan fingerprint density at radius 3 is 2.40 bits per heavy atom. The van der Waals surface area contributed by atoms with Gasteiger partial charge in [0.25, 0.3) is 0 Å². The zero-order chi connectivity index (χ0) is 17.8. The molecule has 1 aliphatic rings. The smallest absolute Gasteiger partial charge is 0.227 e. The number of hydrogen-bond donors (Lipinski definition) is 0. The third-order valence-electron chi connectivity index (χ3n) is 4.83. The summed E-state index contributed by atoms with van der Waals surface area (Å²) in [6.45, 7) is 3.16. The lowest BCUT2D eigenvalue weighted by Gasteiger charge is -2.37. The van der Waals surface area contributed by atoms with Gasteiger partial charge in [0.1, 0.15) is 5.82 Å². The van der Waals surface area contributed by atoms with Crippen LogP contribution in [0.3, 0.4) is 0 Å². The maximum Gasteiger partial charge on any atom is 0.227 e. The van der Waals surface area contributed by atoms with Crippen molar-refractivity contribution in [1.29, 1.82) is 0 Å². The van der Waals surface area contributed by atoms with Gasteiger partial charge in [0.05, 0.1) is 0 Å². The van der Waals surface area contributed by atoms with Crippen LogP contribution in [0.25, 0.3) is 0 Å². The van der Waals surface area contributed by atoms with Gasteiger partial charge in [-0.2, -0.15) is 4.98 Å². The van der Waals surface area contributed by atoms with Crippen LogP contribution < -0.4 is 9.80 Å². The molecular weight excluding hydrogens is 334 g/mol. The van der Waals surface area contributed by atoms with Gasteiger partial charge in [0, 0.05) is 58.0 Å². The first-order valence-electron chi connectivity index (χ1n) is 8.73. The SMILES string of the molecule is CN(C)c1ccnc(N(C)C2CCN(Cc3ccc(Cl)cc3)CC2)n1. The van der Waals surface area contributed by atoms with E-state index in [0.29, 0.717) is 6.04 Å². The second kappa shape index (κ2) is 8.02. The molecule has 25 heavy (non-hydrogen) atoms. The molecular formula is C19H26ClN5. The van der Waals surface area contributed by atoms with Crippen molar-refractivity contribution in [3.05, 3.63) is 47.1 Å². The Bertz CT molecular complexity index is 680. The monoisotopic (exact) mass is 359 g/mol. The minimum atomic E-state index is 0.485. The van der Waals surface area contributed by atoms with Crippen molar-refractivity contribution in [3.63, 3.8) is 0 Å². The van der Waals surface area contributed by atoms with E-state index < -0.39 is 0 Å². The van der Waals surface area contributed by atoms with Crippen LogP contribution in [0.2, 0.25) is 5.02 Å². The Hall–Kier alpha value is -1.85. The zero-order valence-electron chi connectivity index (χ0n) is 15.2. The topological polar surface area (TPSA) is 35.5 Å². The Morgan fingerprint density at radius 2 is 1.76 bits per heavy atom. The Labute approximate surface area is 155 Å². The van der Waals surface area contributed by atoms with Crippen molar-refractivity contribution in [2.45, 2.75) is 25.4 Å². The molecule has 0 aliphatic carbocycles. The minimum Gasteiger partial charge on any atom is -0.363 e. The van der Waals surface area contributed by atoms with Crippen molar-refractivity contribution < 1.29 is 0 Å². The fraction of sp³-hybridized carbons (Fsp3) is 0.474. The lowest BCUT2D eigenvalue weighted by Crippen LogP contribution is -2.43. The van der Waals surface area contributed by atoms with E-state index in [2.05, 4.69) is 38.9 Å². The lowest BCUT2D eigenvalue weighted by molar-refractivity contribution is 0.203. The first-order valence-corrected chi connectivity index (χ1v) is 9.11. The molecule has 5 nitrogen and oxygen atoms in total. The summed E-state index contributed by atoms with van der Waals surface area (Å²) in [6.07, 6.45) is 4.09. The number of likely N-dealkylation sites (tertiary alicyclic amines) is 1. The van der Waals surface area contributed by atoms with Gasteiger partial charge in [-0.15, -0.1) is 0 Å². The van der Waals surface area contributed by atoms with Crippen LogP contribution in [-0.2, 0) is 6.54 Å². The molecule has 0 radical (unpaired) electrons. The van der Waals surface area contributed by atoms with E-state index in [1.807, 2.05) is 43.4 Å². The van der Waals surface area contributed by atoms with E-state index in [1.54, 1.807) is 0 Å². The quantitative estimate of drug-likeness (QED) is 0.818. The molecule has 2 heterocycles. The summed E-state index contributed by atoms with van der Waals surface area (Å²) < 4.78 is 0. The van der Waals surface area contributed by atoms with Gasteiger partial charge >= 0.3 is 0 Å². The lowest BCUT2D eigenvalue weighted by atomic mass is 10.0. The molecule has 0 N–H and O–H groups in total. The Kier molecular flexibility index (Phi) is 5.76. The van der Waals surface area contributed by atoms with E-state index in [1.165, 1.54) is 5.56 Å². The van der Waals surface area contributed by atoms with Crippen molar-refractivity contribution in [2.75, 3.05) is 44.0 Å².